The third-order valence-corrected chi connectivity index (χ3v) is 3.91. The van der Waals surface area contributed by atoms with E-state index in [9.17, 15) is 9.18 Å². The fourth-order valence-electron chi connectivity index (χ4n) is 2.49. The Labute approximate surface area is 151 Å². The minimum Gasteiger partial charge on any atom is -0.410 e. The lowest BCUT2D eigenvalue weighted by atomic mass is 9.87. The molecule has 0 saturated carbocycles. The number of carbonyl (C=O) groups excluding carboxylic acids is 1. The number of anilines is 1. The zero-order valence-corrected chi connectivity index (χ0v) is 15.3. The summed E-state index contributed by atoms with van der Waals surface area (Å²) in [5, 5.41) is 3.38. The molecule has 0 aliphatic rings. The predicted octanol–water partition coefficient (Wildman–Crippen LogP) is 4.80. The summed E-state index contributed by atoms with van der Waals surface area (Å²) < 4.78 is 18.2. The Hall–Kier alpha value is -2.34. The molecule has 0 fully saturated rings. The van der Waals surface area contributed by atoms with Gasteiger partial charge in [0.05, 0.1) is 0 Å². The second-order valence-electron chi connectivity index (χ2n) is 6.76. The topological polar surface area (TPSA) is 77.2 Å². The van der Waals surface area contributed by atoms with Crippen LogP contribution in [0.25, 0.3) is 0 Å². The number of amides is 1. The van der Waals surface area contributed by atoms with Gasteiger partial charge in [0.2, 0.25) is 0 Å². The molecule has 0 bridgehead atoms. The lowest BCUT2D eigenvalue weighted by molar-refractivity contribution is 0.210. The van der Waals surface area contributed by atoms with Crippen molar-refractivity contribution in [2.45, 2.75) is 39.2 Å². The van der Waals surface area contributed by atoms with Crippen LogP contribution in [0.1, 0.15) is 44.9 Å². The highest BCUT2D eigenvalue weighted by atomic mass is 35.5. The molecule has 0 unspecified atom stereocenters. The Morgan fingerprint density at radius 2 is 1.92 bits per heavy atom. The number of hydrogen-bond acceptors (Lipinski definition) is 4. The van der Waals surface area contributed by atoms with Crippen LogP contribution in [0.5, 0.6) is 5.75 Å². The first kappa shape index (κ1) is 19.0. The highest BCUT2D eigenvalue weighted by Crippen LogP contribution is 2.38. The van der Waals surface area contributed by atoms with Crippen LogP contribution < -0.4 is 15.8 Å². The lowest BCUT2D eigenvalue weighted by Gasteiger charge is -2.24. The van der Waals surface area contributed by atoms with Crippen molar-refractivity contribution >= 4 is 23.5 Å². The van der Waals surface area contributed by atoms with E-state index in [0.29, 0.717) is 11.4 Å². The number of ether oxygens (including phenoxy) is 1. The first-order valence-electron chi connectivity index (χ1n) is 7.78. The molecule has 2 aromatic rings. The van der Waals surface area contributed by atoms with Gasteiger partial charge in [-0.15, -0.1) is 0 Å². The molecular weight excluding hydrogens is 345 g/mol. The summed E-state index contributed by atoms with van der Waals surface area (Å²) in [6.07, 6.45) is -0.926. The summed E-state index contributed by atoms with van der Waals surface area (Å²) in [6, 6.07) is 7.55. The number of halogens is 2. The molecular formula is C18H21ClFN3O2. The fourth-order valence-corrected chi connectivity index (χ4v) is 2.96. The van der Waals surface area contributed by atoms with Crippen LogP contribution in [0.15, 0.2) is 30.3 Å². The van der Waals surface area contributed by atoms with Gasteiger partial charge in [0.1, 0.15) is 22.5 Å². The second-order valence-corrected chi connectivity index (χ2v) is 7.12. The van der Waals surface area contributed by atoms with E-state index in [0.717, 1.165) is 5.56 Å². The van der Waals surface area contributed by atoms with E-state index in [1.807, 2.05) is 27.7 Å². The Kier molecular flexibility index (Phi) is 5.52. The van der Waals surface area contributed by atoms with E-state index >= 15 is 0 Å². The molecule has 7 heteroatoms. The molecule has 25 heavy (non-hydrogen) atoms. The maximum Gasteiger partial charge on any atom is 0.409 e. The number of primary amides is 1. The van der Waals surface area contributed by atoms with Gasteiger partial charge in [-0.2, -0.15) is 0 Å². The summed E-state index contributed by atoms with van der Waals surface area (Å²) in [5.41, 5.74) is 6.23. The molecule has 2 rings (SSSR count). The summed E-state index contributed by atoms with van der Waals surface area (Å²) in [5.74, 6) is 0.378. The molecule has 134 valence electrons. The Balaban J connectivity index is 2.36. The quantitative estimate of drug-likeness (QED) is 0.763. The maximum atomic E-state index is 13.0. The highest BCUT2D eigenvalue weighted by Gasteiger charge is 2.26. The molecule has 0 saturated heterocycles. The SMILES string of the molecule is C[C@H](Nc1cc(OC(N)=O)c(C(C)(C)C)c(Cl)n1)c1ccc(F)cc1. The van der Waals surface area contributed by atoms with Gasteiger partial charge in [-0.1, -0.05) is 44.5 Å². The monoisotopic (exact) mass is 365 g/mol. The first-order valence-corrected chi connectivity index (χ1v) is 8.16. The van der Waals surface area contributed by atoms with Crippen LogP contribution in [0.4, 0.5) is 15.0 Å². The molecule has 1 aromatic heterocycles. The normalized spacial score (nSPS) is 12.6. The van der Waals surface area contributed by atoms with E-state index in [1.165, 1.54) is 12.1 Å². The third kappa shape index (κ3) is 4.82. The number of hydrogen-bond donors (Lipinski definition) is 2. The summed E-state index contributed by atoms with van der Waals surface area (Å²) >= 11 is 6.32. The van der Waals surface area contributed by atoms with Crippen molar-refractivity contribution in [3.05, 3.63) is 52.4 Å². The van der Waals surface area contributed by atoms with Crippen LogP contribution >= 0.6 is 11.6 Å². The van der Waals surface area contributed by atoms with Crippen molar-refractivity contribution in [3.63, 3.8) is 0 Å². The number of pyridine rings is 1. The number of aromatic nitrogens is 1. The van der Waals surface area contributed by atoms with Gasteiger partial charge in [-0.3, -0.25) is 0 Å². The van der Waals surface area contributed by atoms with Gasteiger partial charge >= 0.3 is 6.09 Å². The molecule has 1 atom stereocenters. The summed E-state index contributed by atoms with van der Waals surface area (Å²) in [4.78, 5) is 15.6. The molecule has 5 nitrogen and oxygen atoms in total. The molecule has 1 aromatic carbocycles. The van der Waals surface area contributed by atoms with Gasteiger partial charge in [-0.25, -0.2) is 14.2 Å². The average Bonchev–Trinajstić information content (AvgIpc) is 2.45. The smallest absolute Gasteiger partial charge is 0.409 e. The summed E-state index contributed by atoms with van der Waals surface area (Å²) in [7, 11) is 0. The maximum absolute atomic E-state index is 13.0. The van der Waals surface area contributed by atoms with Gasteiger partial charge in [0, 0.05) is 17.7 Å². The zero-order valence-electron chi connectivity index (χ0n) is 14.6. The highest BCUT2D eigenvalue weighted by molar-refractivity contribution is 6.30. The number of rotatable bonds is 4. The number of benzene rings is 1. The summed E-state index contributed by atoms with van der Waals surface area (Å²) in [6.45, 7) is 7.68. The van der Waals surface area contributed by atoms with E-state index in [1.54, 1.807) is 18.2 Å². The van der Waals surface area contributed by atoms with E-state index in [-0.39, 0.29) is 22.8 Å². The van der Waals surface area contributed by atoms with E-state index in [2.05, 4.69) is 10.3 Å². The Morgan fingerprint density at radius 3 is 2.44 bits per heavy atom. The van der Waals surface area contributed by atoms with E-state index in [4.69, 9.17) is 22.1 Å². The predicted molar refractivity (Wildman–Crippen MR) is 96.6 cm³/mol. The van der Waals surface area contributed by atoms with Crippen LogP contribution in [0.3, 0.4) is 0 Å². The lowest BCUT2D eigenvalue weighted by Crippen LogP contribution is -2.21. The molecule has 0 spiro atoms. The number of carbonyl (C=O) groups is 1. The number of nitrogens with one attached hydrogen (secondary N) is 1. The molecule has 1 heterocycles. The second kappa shape index (κ2) is 7.27. The molecule has 0 aliphatic carbocycles. The van der Waals surface area contributed by atoms with E-state index < -0.39 is 11.5 Å². The molecule has 1 amide bonds. The van der Waals surface area contributed by atoms with Crippen LogP contribution in [0.2, 0.25) is 5.15 Å². The standard InChI is InChI=1S/C18H21ClFN3O2/c1-10(11-5-7-12(20)8-6-11)22-14-9-13(25-17(21)24)15(16(19)23-14)18(2,3)4/h5-10H,1-4H3,(H2,21,24)(H,22,23)/t10-/m0/s1. The van der Waals surface area contributed by atoms with Crippen molar-refractivity contribution in [2.75, 3.05) is 5.32 Å². The average molecular weight is 366 g/mol. The van der Waals surface area contributed by atoms with Gasteiger partial charge in [0.15, 0.2) is 0 Å². The largest absolute Gasteiger partial charge is 0.410 e. The van der Waals surface area contributed by atoms with Crippen LogP contribution in [-0.2, 0) is 5.41 Å². The van der Waals surface area contributed by atoms with Crippen LogP contribution in [-0.4, -0.2) is 11.1 Å². The van der Waals surface area contributed by atoms with Crippen molar-refractivity contribution in [1.82, 2.24) is 4.98 Å². The van der Waals surface area contributed by atoms with Crippen molar-refractivity contribution < 1.29 is 13.9 Å². The Morgan fingerprint density at radius 1 is 1.32 bits per heavy atom. The number of nitrogens with two attached hydrogens (primary N) is 1. The Bertz CT molecular complexity index is 773. The zero-order chi connectivity index (χ0) is 18.8. The van der Waals surface area contributed by atoms with Gasteiger partial charge in [-0.05, 0) is 30.0 Å². The fraction of sp³-hybridized carbons (Fsp3) is 0.333. The first-order chi connectivity index (χ1) is 11.6. The van der Waals surface area contributed by atoms with Crippen LogP contribution in [0, 0.1) is 5.82 Å². The van der Waals surface area contributed by atoms with Crippen molar-refractivity contribution in [2.24, 2.45) is 5.73 Å². The van der Waals surface area contributed by atoms with Gasteiger partial charge < -0.3 is 15.8 Å². The van der Waals surface area contributed by atoms with Crippen molar-refractivity contribution in [3.8, 4) is 5.75 Å². The minimum atomic E-state index is -0.926. The molecule has 0 aliphatic heterocycles. The molecule has 3 N–H and O–H groups in total. The van der Waals surface area contributed by atoms with Gasteiger partial charge in [0.25, 0.3) is 0 Å². The molecule has 0 radical (unpaired) electrons. The third-order valence-electron chi connectivity index (χ3n) is 3.63. The number of nitrogens with zero attached hydrogens (tertiary/aromatic N) is 1. The minimum absolute atomic E-state index is 0.161. The van der Waals surface area contributed by atoms with Crippen molar-refractivity contribution in [1.29, 1.82) is 0 Å².